The number of sulfonamides is 1. The molecular weight excluding hydrogens is 526 g/mol. The van der Waals surface area contributed by atoms with Gasteiger partial charge in [0.25, 0.3) is 10.0 Å². The van der Waals surface area contributed by atoms with E-state index in [0.717, 1.165) is 21.0 Å². The molecule has 2 amide bonds. The van der Waals surface area contributed by atoms with Gasteiger partial charge in [0, 0.05) is 13.1 Å². The summed E-state index contributed by atoms with van der Waals surface area (Å²) in [6.07, 6.45) is 0.365. The summed E-state index contributed by atoms with van der Waals surface area (Å²) >= 11 is 0. The predicted molar refractivity (Wildman–Crippen MR) is 158 cm³/mol. The van der Waals surface area contributed by atoms with Gasteiger partial charge in [-0.1, -0.05) is 61.0 Å². The topological polar surface area (TPSA) is 96.0 Å². The quantitative estimate of drug-likeness (QED) is 0.320. The van der Waals surface area contributed by atoms with E-state index in [0.29, 0.717) is 25.3 Å². The Morgan fingerprint density at radius 2 is 1.55 bits per heavy atom. The standard InChI is InChI=1S/C31H39N3O5S/c1-6-27(31(36)32-7-2)33(21-25-14-10-9-13-24(25)5)30(35)22-34(28-15-11-12-16-29(28)39-8-3)40(37,38)26-19-17-23(4)18-20-26/h9-20,27H,6-8,21-22H2,1-5H3,(H,32,36)/t27-/m0/s1. The third-order valence-corrected chi connectivity index (χ3v) is 8.43. The van der Waals surface area contributed by atoms with Crippen molar-refractivity contribution in [2.45, 2.75) is 58.5 Å². The van der Waals surface area contributed by atoms with Crippen LogP contribution in [0.4, 0.5) is 5.69 Å². The van der Waals surface area contributed by atoms with Crippen molar-refractivity contribution in [1.29, 1.82) is 0 Å². The lowest BCUT2D eigenvalue weighted by Crippen LogP contribution is -2.52. The maximum atomic E-state index is 14.2. The van der Waals surface area contributed by atoms with Crippen LogP contribution in [0.5, 0.6) is 5.75 Å². The summed E-state index contributed by atoms with van der Waals surface area (Å²) in [4.78, 5) is 28.8. The van der Waals surface area contributed by atoms with E-state index in [1.54, 1.807) is 36.4 Å². The van der Waals surface area contributed by atoms with Crippen LogP contribution in [0.15, 0.2) is 77.7 Å². The highest BCUT2D eigenvalue weighted by Gasteiger charge is 2.34. The molecule has 0 spiro atoms. The van der Waals surface area contributed by atoms with Gasteiger partial charge in [-0.25, -0.2) is 8.42 Å². The van der Waals surface area contributed by atoms with E-state index < -0.39 is 28.5 Å². The van der Waals surface area contributed by atoms with E-state index in [-0.39, 0.29) is 23.0 Å². The first kappa shape index (κ1) is 30.7. The van der Waals surface area contributed by atoms with Crippen molar-refractivity contribution < 1.29 is 22.7 Å². The highest BCUT2D eigenvalue weighted by Crippen LogP contribution is 2.33. The lowest BCUT2D eigenvalue weighted by molar-refractivity contribution is -0.140. The molecule has 0 aromatic heterocycles. The number of benzene rings is 3. The fourth-order valence-electron chi connectivity index (χ4n) is 4.47. The molecule has 0 aliphatic heterocycles. The van der Waals surface area contributed by atoms with Gasteiger partial charge in [0.2, 0.25) is 11.8 Å². The molecule has 0 saturated heterocycles. The Kier molecular flexibility index (Phi) is 10.7. The lowest BCUT2D eigenvalue weighted by Gasteiger charge is -2.33. The number of amides is 2. The van der Waals surface area contributed by atoms with Crippen LogP contribution in [-0.4, -0.2) is 50.9 Å². The van der Waals surface area contributed by atoms with Crippen molar-refractivity contribution in [2.75, 3.05) is 24.0 Å². The number of rotatable bonds is 13. The summed E-state index contributed by atoms with van der Waals surface area (Å²) in [5, 5.41) is 2.82. The molecule has 3 aromatic rings. The zero-order valence-corrected chi connectivity index (χ0v) is 24.7. The van der Waals surface area contributed by atoms with E-state index in [9.17, 15) is 18.0 Å². The Hall–Kier alpha value is -3.85. The largest absolute Gasteiger partial charge is 0.492 e. The molecule has 3 rings (SSSR count). The van der Waals surface area contributed by atoms with Gasteiger partial charge in [-0.15, -0.1) is 0 Å². The number of nitrogens with zero attached hydrogens (tertiary/aromatic N) is 2. The van der Waals surface area contributed by atoms with Crippen LogP contribution in [0, 0.1) is 13.8 Å². The zero-order chi connectivity index (χ0) is 29.3. The Bertz CT molecular complexity index is 1410. The molecule has 40 heavy (non-hydrogen) atoms. The lowest BCUT2D eigenvalue weighted by atomic mass is 10.1. The summed E-state index contributed by atoms with van der Waals surface area (Å²) < 4.78 is 35.0. The molecule has 0 unspecified atom stereocenters. The summed E-state index contributed by atoms with van der Waals surface area (Å²) in [5.41, 5.74) is 3.01. The molecule has 0 saturated carbocycles. The Balaban J connectivity index is 2.12. The van der Waals surface area contributed by atoms with Crippen LogP contribution in [0.3, 0.4) is 0 Å². The first-order chi connectivity index (χ1) is 19.1. The summed E-state index contributed by atoms with van der Waals surface area (Å²) in [6, 6.07) is 20.1. The number of anilines is 1. The molecule has 214 valence electrons. The first-order valence-corrected chi connectivity index (χ1v) is 15.0. The maximum Gasteiger partial charge on any atom is 0.264 e. The average molecular weight is 566 g/mol. The van der Waals surface area contributed by atoms with E-state index in [1.807, 2.05) is 58.9 Å². The minimum atomic E-state index is -4.18. The summed E-state index contributed by atoms with van der Waals surface area (Å²) in [5.74, 6) is -0.437. The number of carbonyl (C=O) groups excluding carboxylic acids is 2. The van der Waals surface area contributed by atoms with E-state index in [2.05, 4.69) is 5.32 Å². The number of hydrogen-bond acceptors (Lipinski definition) is 5. The maximum absolute atomic E-state index is 14.2. The third kappa shape index (κ3) is 7.21. The third-order valence-electron chi connectivity index (χ3n) is 6.66. The van der Waals surface area contributed by atoms with Crippen molar-refractivity contribution >= 4 is 27.5 Å². The van der Waals surface area contributed by atoms with Gasteiger partial charge in [0.1, 0.15) is 18.3 Å². The monoisotopic (exact) mass is 565 g/mol. The van der Waals surface area contributed by atoms with Gasteiger partial charge in [0.05, 0.1) is 17.2 Å². The van der Waals surface area contributed by atoms with Gasteiger partial charge >= 0.3 is 0 Å². The molecular formula is C31H39N3O5S. The number of likely N-dealkylation sites (N-methyl/N-ethyl adjacent to an activating group) is 1. The van der Waals surface area contributed by atoms with E-state index >= 15 is 0 Å². The Morgan fingerprint density at radius 1 is 0.900 bits per heavy atom. The normalized spacial score (nSPS) is 11.9. The van der Waals surface area contributed by atoms with Gasteiger partial charge in [-0.2, -0.15) is 0 Å². The number of para-hydroxylation sites is 2. The molecule has 0 bridgehead atoms. The smallest absolute Gasteiger partial charge is 0.264 e. The van der Waals surface area contributed by atoms with Crippen molar-refractivity contribution in [2.24, 2.45) is 0 Å². The van der Waals surface area contributed by atoms with Gasteiger partial charge < -0.3 is 15.0 Å². The molecule has 1 N–H and O–H groups in total. The summed E-state index contributed by atoms with van der Waals surface area (Å²) in [7, 11) is -4.18. The molecule has 0 aliphatic carbocycles. The first-order valence-electron chi connectivity index (χ1n) is 13.6. The Morgan fingerprint density at radius 3 is 2.17 bits per heavy atom. The number of carbonyl (C=O) groups is 2. The summed E-state index contributed by atoms with van der Waals surface area (Å²) in [6.45, 7) is 9.66. The van der Waals surface area contributed by atoms with Crippen LogP contribution in [0.1, 0.15) is 43.9 Å². The molecule has 9 heteroatoms. The van der Waals surface area contributed by atoms with Crippen molar-refractivity contribution in [1.82, 2.24) is 10.2 Å². The second-order valence-corrected chi connectivity index (χ2v) is 11.4. The second kappa shape index (κ2) is 14.0. The van der Waals surface area contributed by atoms with Gasteiger partial charge in [-0.05, 0) is 69.5 Å². The fraction of sp³-hybridized carbons (Fsp3) is 0.355. The molecule has 0 aliphatic rings. The number of nitrogens with one attached hydrogen (secondary N) is 1. The average Bonchev–Trinajstić information content (AvgIpc) is 2.93. The zero-order valence-electron chi connectivity index (χ0n) is 23.9. The highest BCUT2D eigenvalue weighted by molar-refractivity contribution is 7.92. The van der Waals surface area contributed by atoms with E-state index in [1.165, 1.54) is 17.0 Å². The van der Waals surface area contributed by atoms with Crippen molar-refractivity contribution in [3.05, 3.63) is 89.5 Å². The number of hydrogen-bond donors (Lipinski definition) is 1. The predicted octanol–water partition coefficient (Wildman–Crippen LogP) is 4.84. The number of ether oxygens (including phenoxy) is 1. The molecule has 1 atom stereocenters. The fourth-order valence-corrected chi connectivity index (χ4v) is 5.90. The second-order valence-electron chi connectivity index (χ2n) is 9.49. The van der Waals surface area contributed by atoms with Crippen LogP contribution in [0.2, 0.25) is 0 Å². The van der Waals surface area contributed by atoms with Crippen LogP contribution < -0.4 is 14.4 Å². The van der Waals surface area contributed by atoms with E-state index in [4.69, 9.17) is 4.74 Å². The molecule has 0 heterocycles. The van der Waals surface area contributed by atoms with Gasteiger partial charge in [0.15, 0.2) is 0 Å². The van der Waals surface area contributed by atoms with Crippen molar-refractivity contribution in [3.8, 4) is 5.75 Å². The van der Waals surface area contributed by atoms with Crippen LogP contribution in [-0.2, 0) is 26.2 Å². The highest BCUT2D eigenvalue weighted by atomic mass is 32.2. The Labute approximate surface area is 238 Å². The SMILES string of the molecule is CCNC(=O)[C@H](CC)N(Cc1ccccc1C)C(=O)CN(c1ccccc1OCC)S(=O)(=O)c1ccc(C)cc1. The molecule has 0 radical (unpaired) electrons. The minimum absolute atomic E-state index is 0.0541. The minimum Gasteiger partial charge on any atom is -0.492 e. The van der Waals surface area contributed by atoms with Gasteiger partial charge in [-0.3, -0.25) is 13.9 Å². The number of aryl methyl sites for hydroxylation is 2. The molecule has 3 aromatic carbocycles. The molecule has 0 fully saturated rings. The van der Waals surface area contributed by atoms with Crippen LogP contribution in [0.25, 0.3) is 0 Å². The van der Waals surface area contributed by atoms with Crippen molar-refractivity contribution in [3.63, 3.8) is 0 Å². The molecule has 8 nitrogen and oxygen atoms in total. The van der Waals surface area contributed by atoms with Crippen LogP contribution >= 0.6 is 0 Å².